The summed E-state index contributed by atoms with van der Waals surface area (Å²) >= 11 is 1.62. The first-order chi connectivity index (χ1) is 13.1. The Morgan fingerprint density at radius 1 is 1.18 bits per heavy atom. The first kappa shape index (κ1) is 20.5. The maximum Gasteiger partial charge on any atom is 0.238 e. The molecular weight excluding hydrogens is 368 g/mol. The molecule has 2 aromatic rings. The molecule has 1 fully saturated rings. The fourth-order valence-corrected chi connectivity index (χ4v) is 4.62. The Labute approximate surface area is 171 Å². The summed E-state index contributed by atoms with van der Waals surface area (Å²) in [6, 6.07) is 14.0. The molecule has 3 rings (SSSR count). The van der Waals surface area contributed by atoms with Gasteiger partial charge in [0.05, 0.1) is 5.75 Å². The van der Waals surface area contributed by atoms with E-state index in [1.807, 2.05) is 69.0 Å². The van der Waals surface area contributed by atoms with Gasteiger partial charge >= 0.3 is 0 Å². The maximum atomic E-state index is 12.7. The van der Waals surface area contributed by atoms with Gasteiger partial charge in [-0.1, -0.05) is 50.6 Å². The first-order valence-corrected chi connectivity index (χ1v) is 10.6. The Morgan fingerprint density at radius 2 is 1.93 bits per heavy atom. The zero-order chi connectivity index (χ0) is 20.5. The number of aryl methyl sites for hydroxylation is 2. The molecule has 2 aromatic carbocycles. The minimum absolute atomic E-state index is 0.00559. The van der Waals surface area contributed by atoms with E-state index in [1.165, 1.54) is 5.56 Å². The van der Waals surface area contributed by atoms with Crippen molar-refractivity contribution >= 4 is 35.0 Å². The Kier molecular flexibility index (Phi) is 5.84. The van der Waals surface area contributed by atoms with Gasteiger partial charge in [-0.15, -0.1) is 11.8 Å². The van der Waals surface area contributed by atoms with Crippen LogP contribution in [0.4, 0.5) is 11.4 Å². The predicted molar refractivity (Wildman–Crippen MR) is 118 cm³/mol. The SMILES string of the molecule is Cc1ccc(N2C(=O)CS[C@@H]2c2cccc(NC(=O)CC(C)(C)C)c2)c(C)c1. The van der Waals surface area contributed by atoms with Crippen molar-refractivity contribution in [2.45, 2.75) is 46.4 Å². The summed E-state index contributed by atoms with van der Waals surface area (Å²) in [4.78, 5) is 26.8. The Hall–Kier alpha value is -2.27. The second-order valence-corrected chi connectivity index (χ2v) is 9.70. The molecule has 0 aromatic heterocycles. The van der Waals surface area contributed by atoms with E-state index in [1.54, 1.807) is 11.8 Å². The van der Waals surface area contributed by atoms with Crippen LogP contribution in [0.2, 0.25) is 0 Å². The Morgan fingerprint density at radius 3 is 2.61 bits per heavy atom. The van der Waals surface area contributed by atoms with Crippen LogP contribution in [-0.4, -0.2) is 17.6 Å². The second-order valence-electron chi connectivity index (χ2n) is 8.63. The number of nitrogens with zero attached hydrogens (tertiary/aromatic N) is 1. The molecule has 1 N–H and O–H groups in total. The normalized spacial score (nSPS) is 17.1. The Balaban J connectivity index is 1.86. The van der Waals surface area contributed by atoms with Crippen molar-refractivity contribution in [3.63, 3.8) is 0 Å². The monoisotopic (exact) mass is 396 g/mol. The molecule has 148 valence electrons. The van der Waals surface area contributed by atoms with E-state index >= 15 is 0 Å². The summed E-state index contributed by atoms with van der Waals surface area (Å²) in [5.41, 5.74) is 4.95. The lowest BCUT2D eigenvalue weighted by Gasteiger charge is -2.26. The van der Waals surface area contributed by atoms with Gasteiger partial charge in [0.15, 0.2) is 0 Å². The van der Waals surface area contributed by atoms with Crippen LogP contribution in [0.3, 0.4) is 0 Å². The molecule has 0 radical (unpaired) electrons. The maximum absolute atomic E-state index is 12.7. The third-order valence-electron chi connectivity index (χ3n) is 4.63. The lowest BCUT2D eigenvalue weighted by atomic mass is 9.92. The molecule has 0 spiro atoms. The van der Waals surface area contributed by atoms with Crippen LogP contribution in [-0.2, 0) is 9.59 Å². The van der Waals surface area contributed by atoms with E-state index in [4.69, 9.17) is 0 Å². The van der Waals surface area contributed by atoms with Crippen LogP contribution in [0, 0.1) is 19.3 Å². The lowest BCUT2D eigenvalue weighted by molar-refractivity contribution is -0.118. The van der Waals surface area contributed by atoms with Crippen molar-refractivity contribution in [2.24, 2.45) is 5.41 Å². The summed E-state index contributed by atoms with van der Waals surface area (Å²) in [6.45, 7) is 10.2. The number of benzene rings is 2. The van der Waals surface area contributed by atoms with E-state index in [2.05, 4.69) is 18.3 Å². The quantitative estimate of drug-likeness (QED) is 0.747. The van der Waals surface area contributed by atoms with Gasteiger partial charge in [0, 0.05) is 17.8 Å². The summed E-state index contributed by atoms with van der Waals surface area (Å²) in [7, 11) is 0. The molecule has 0 saturated carbocycles. The molecule has 1 aliphatic heterocycles. The topological polar surface area (TPSA) is 49.4 Å². The molecule has 1 aliphatic rings. The van der Waals surface area contributed by atoms with Crippen LogP contribution in [0.1, 0.15) is 49.3 Å². The van der Waals surface area contributed by atoms with Crippen LogP contribution < -0.4 is 10.2 Å². The van der Waals surface area contributed by atoms with Crippen LogP contribution in [0.15, 0.2) is 42.5 Å². The summed E-state index contributed by atoms with van der Waals surface area (Å²) in [5.74, 6) is 0.577. The minimum atomic E-state index is -0.0895. The van der Waals surface area contributed by atoms with Crippen molar-refractivity contribution in [1.82, 2.24) is 0 Å². The number of rotatable bonds is 4. The minimum Gasteiger partial charge on any atom is -0.326 e. The molecule has 28 heavy (non-hydrogen) atoms. The van der Waals surface area contributed by atoms with E-state index in [-0.39, 0.29) is 22.6 Å². The fraction of sp³-hybridized carbons (Fsp3) is 0.391. The fourth-order valence-electron chi connectivity index (χ4n) is 3.46. The zero-order valence-electron chi connectivity index (χ0n) is 17.2. The van der Waals surface area contributed by atoms with Crippen molar-refractivity contribution in [1.29, 1.82) is 0 Å². The van der Waals surface area contributed by atoms with Crippen LogP contribution in [0.25, 0.3) is 0 Å². The smallest absolute Gasteiger partial charge is 0.238 e. The van der Waals surface area contributed by atoms with Gasteiger partial charge in [0.2, 0.25) is 11.8 Å². The van der Waals surface area contributed by atoms with Crippen molar-refractivity contribution in [2.75, 3.05) is 16.0 Å². The molecular formula is C23H28N2O2S. The number of nitrogens with one attached hydrogen (secondary N) is 1. The van der Waals surface area contributed by atoms with E-state index in [0.29, 0.717) is 12.2 Å². The molecule has 1 heterocycles. The molecule has 5 heteroatoms. The number of carbonyl (C=O) groups is 2. The molecule has 0 bridgehead atoms. The van der Waals surface area contributed by atoms with Gasteiger partial charge in [-0.2, -0.15) is 0 Å². The largest absolute Gasteiger partial charge is 0.326 e. The van der Waals surface area contributed by atoms with Crippen molar-refractivity contribution in [3.05, 3.63) is 59.2 Å². The summed E-state index contributed by atoms with van der Waals surface area (Å²) in [6.07, 6.45) is 0.461. The van der Waals surface area contributed by atoms with Crippen molar-refractivity contribution in [3.8, 4) is 0 Å². The first-order valence-electron chi connectivity index (χ1n) is 9.55. The second kappa shape index (κ2) is 8.00. The highest BCUT2D eigenvalue weighted by Crippen LogP contribution is 2.43. The molecule has 1 atom stereocenters. The van der Waals surface area contributed by atoms with Gasteiger partial charge in [-0.25, -0.2) is 0 Å². The number of anilines is 2. The van der Waals surface area contributed by atoms with Gasteiger partial charge in [0.25, 0.3) is 0 Å². The molecule has 0 unspecified atom stereocenters. The van der Waals surface area contributed by atoms with Crippen LogP contribution >= 0.6 is 11.8 Å². The predicted octanol–water partition coefficient (Wildman–Crippen LogP) is 5.46. The van der Waals surface area contributed by atoms with Crippen LogP contribution in [0.5, 0.6) is 0 Å². The number of hydrogen-bond acceptors (Lipinski definition) is 3. The summed E-state index contributed by atoms with van der Waals surface area (Å²) in [5, 5.41) is 2.91. The highest BCUT2D eigenvalue weighted by Gasteiger charge is 2.34. The van der Waals surface area contributed by atoms with Gasteiger partial charge in [-0.3, -0.25) is 14.5 Å². The number of thioether (sulfide) groups is 1. The van der Waals surface area contributed by atoms with E-state index in [0.717, 1.165) is 22.5 Å². The van der Waals surface area contributed by atoms with Crippen molar-refractivity contribution < 1.29 is 9.59 Å². The average Bonchev–Trinajstić information content (AvgIpc) is 2.95. The standard InChI is InChI=1S/C23H28N2O2S/c1-15-9-10-19(16(2)11-15)25-21(27)14-28-22(25)17-7-6-8-18(12-17)24-20(26)13-23(3,4)5/h6-12,22H,13-14H2,1-5H3,(H,24,26)/t22-/m1/s1. The van der Waals surface area contributed by atoms with Gasteiger partial charge in [0.1, 0.15) is 5.37 Å². The molecule has 0 aliphatic carbocycles. The summed E-state index contributed by atoms with van der Waals surface area (Å²) < 4.78 is 0. The third-order valence-corrected chi connectivity index (χ3v) is 5.84. The highest BCUT2D eigenvalue weighted by molar-refractivity contribution is 8.00. The van der Waals surface area contributed by atoms with E-state index in [9.17, 15) is 9.59 Å². The highest BCUT2D eigenvalue weighted by atomic mass is 32.2. The van der Waals surface area contributed by atoms with Gasteiger partial charge < -0.3 is 5.32 Å². The molecule has 2 amide bonds. The van der Waals surface area contributed by atoms with Gasteiger partial charge in [-0.05, 0) is 48.6 Å². The molecule has 1 saturated heterocycles. The number of carbonyl (C=O) groups excluding carboxylic acids is 2. The molecule has 4 nitrogen and oxygen atoms in total. The third kappa shape index (κ3) is 4.76. The average molecular weight is 397 g/mol. The Bertz CT molecular complexity index is 902. The number of hydrogen-bond donors (Lipinski definition) is 1. The zero-order valence-corrected chi connectivity index (χ0v) is 18.0. The number of amides is 2. The lowest BCUT2D eigenvalue weighted by Crippen LogP contribution is -2.28. The van der Waals surface area contributed by atoms with E-state index < -0.39 is 0 Å².